The Balaban J connectivity index is 0.00000127. The van der Waals surface area contributed by atoms with Crippen LogP contribution >= 0.6 is 20.2 Å². The number of aliphatic imine (C=N–C) groups is 2. The van der Waals surface area contributed by atoms with Gasteiger partial charge in [0.15, 0.2) is 0 Å². The molecule has 0 N–H and O–H groups in total. The average Bonchev–Trinajstić information content (AvgIpc) is 2.91. The molecule has 0 spiro atoms. The quantitative estimate of drug-likeness (QED) is 0.245. The van der Waals surface area contributed by atoms with Gasteiger partial charge in [-0.05, 0) is 67.9 Å². The second-order valence-corrected chi connectivity index (χ2v) is 12.4. The molecule has 38 heavy (non-hydrogen) atoms. The predicted molar refractivity (Wildman–Crippen MR) is 155 cm³/mol. The summed E-state index contributed by atoms with van der Waals surface area (Å²) < 4.78 is 12.4. The Bertz CT molecular complexity index is 1260. The number of pyridine rings is 1. The molecular formula is C30H35Cl2FeN3O2. The van der Waals surface area contributed by atoms with Gasteiger partial charge in [0.25, 0.3) is 0 Å². The van der Waals surface area contributed by atoms with Crippen LogP contribution in [0, 0.1) is 10.8 Å². The number of halogens is 2. The van der Waals surface area contributed by atoms with Crippen LogP contribution in [0.25, 0.3) is 0 Å². The minimum atomic E-state index is -0.111. The second-order valence-electron chi connectivity index (χ2n) is 10.5. The van der Waals surface area contributed by atoms with Gasteiger partial charge in [-0.2, -0.15) is 0 Å². The number of ether oxygens (including phenoxy) is 2. The first-order valence-electron chi connectivity index (χ1n) is 12.4. The van der Waals surface area contributed by atoms with Crippen molar-refractivity contribution >= 4 is 37.3 Å². The zero-order valence-corrected chi connectivity index (χ0v) is 25.4. The van der Waals surface area contributed by atoms with Gasteiger partial charge in [0.2, 0.25) is 0 Å². The summed E-state index contributed by atoms with van der Waals surface area (Å²) in [4.78, 5) is 14.3. The number of hydrogen-bond acceptors (Lipinski definition) is 5. The molecule has 1 aromatic heterocycles. The number of hydrogen-bond donors (Lipinski definition) is 0. The van der Waals surface area contributed by atoms with Crippen LogP contribution in [0.1, 0.15) is 58.5 Å². The summed E-state index contributed by atoms with van der Waals surface area (Å²) in [5.41, 5.74) is 5.22. The van der Waals surface area contributed by atoms with Gasteiger partial charge in [-0.15, -0.1) is 0 Å². The summed E-state index contributed by atoms with van der Waals surface area (Å²) in [5, 5.41) is 0. The fourth-order valence-corrected chi connectivity index (χ4v) is 3.61. The first kappa shape index (κ1) is 30.2. The van der Waals surface area contributed by atoms with E-state index < -0.39 is 0 Å². The molecule has 204 valence electrons. The number of nitrogens with zero attached hydrogens (tertiary/aromatic N) is 3. The number of rotatable bonds is 0. The zero-order chi connectivity index (χ0) is 27.8. The first-order valence-corrected chi connectivity index (χ1v) is 15.4. The van der Waals surface area contributed by atoms with Crippen molar-refractivity contribution in [2.75, 3.05) is 13.2 Å². The summed E-state index contributed by atoms with van der Waals surface area (Å²) in [6.45, 7) is 14.6. The molecule has 0 aliphatic carbocycles. The van der Waals surface area contributed by atoms with E-state index >= 15 is 0 Å². The minimum absolute atomic E-state index is 0.106. The van der Waals surface area contributed by atoms with Crippen LogP contribution in [-0.2, 0) is 19.7 Å². The van der Waals surface area contributed by atoms with E-state index in [4.69, 9.17) is 44.6 Å². The van der Waals surface area contributed by atoms with Gasteiger partial charge in [-0.3, -0.25) is 9.98 Å². The van der Waals surface area contributed by atoms with E-state index in [-0.39, 0.29) is 24.0 Å². The van der Waals surface area contributed by atoms with E-state index in [1.165, 1.54) is 0 Å². The molecule has 2 aromatic carbocycles. The monoisotopic (exact) mass is 595 g/mol. The van der Waals surface area contributed by atoms with Crippen LogP contribution in [0.3, 0.4) is 0 Å². The SMILES string of the molecule is CC1=NCc2ccc(cc2)OCC(C)(C)C(C)(C)COc2ccc(cc2)N=C(C)c2cccc1n2.[Cl][Fe][Cl]. The molecule has 4 aliphatic heterocycles. The molecule has 3 aromatic rings. The normalized spacial score (nSPS) is 16.9. The van der Waals surface area contributed by atoms with E-state index in [0.29, 0.717) is 19.8 Å². The number of aromatic nitrogens is 1. The van der Waals surface area contributed by atoms with Gasteiger partial charge in [0.1, 0.15) is 11.5 Å². The van der Waals surface area contributed by atoms with Crippen molar-refractivity contribution in [3.63, 3.8) is 0 Å². The molecule has 4 aliphatic rings. The molecule has 7 rings (SSSR count). The summed E-state index contributed by atoms with van der Waals surface area (Å²) in [5.74, 6) is 1.69. The third kappa shape index (κ3) is 8.31. The van der Waals surface area contributed by atoms with E-state index in [0.717, 1.165) is 45.6 Å². The summed E-state index contributed by atoms with van der Waals surface area (Å²) >= 11 is 0.194. The zero-order valence-electron chi connectivity index (χ0n) is 22.7. The molecule has 0 saturated carbocycles. The van der Waals surface area contributed by atoms with Gasteiger partial charge in [-0.25, -0.2) is 4.98 Å². The van der Waals surface area contributed by atoms with Crippen molar-refractivity contribution in [3.8, 4) is 11.5 Å². The number of benzene rings is 2. The average molecular weight is 596 g/mol. The molecule has 0 radical (unpaired) electrons. The molecule has 0 atom stereocenters. The third-order valence-corrected chi connectivity index (χ3v) is 7.08. The molecule has 0 fully saturated rings. The van der Waals surface area contributed by atoms with Crippen molar-refractivity contribution in [2.24, 2.45) is 20.8 Å². The van der Waals surface area contributed by atoms with E-state index in [9.17, 15) is 0 Å². The van der Waals surface area contributed by atoms with Gasteiger partial charge in [0, 0.05) is 10.8 Å². The Labute approximate surface area is 241 Å². The van der Waals surface area contributed by atoms with Gasteiger partial charge < -0.3 is 9.47 Å². The molecule has 5 nitrogen and oxygen atoms in total. The van der Waals surface area contributed by atoms with E-state index in [1.54, 1.807) is 0 Å². The van der Waals surface area contributed by atoms with Crippen LogP contribution in [-0.4, -0.2) is 29.6 Å². The summed E-state index contributed by atoms with van der Waals surface area (Å²) in [7, 11) is 9.53. The van der Waals surface area contributed by atoms with Crippen LogP contribution < -0.4 is 9.47 Å². The predicted octanol–water partition coefficient (Wildman–Crippen LogP) is 8.43. The maximum absolute atomic E-state index is 6.19. The van der Waals surface area contributed by atoms with Crippen LogP contribution in [0.4, 0.5) is 5.69 Å². The van der Waals surface area contributed by atoms with Gasteiger partial charge in [-0.1, -0.05) is 45.9 Å². The van der Waals surface area contributed by atoms with Crippen molar-refractivity contribution in [2.45, 2.75) is 48.1 Å². The Kier molecular flexibility index (Phi) is 10.8. The molecular weight excluding hydrogens is 561 g/mol. The summed E-state index contributed by atoms with van der Waals surface area (Å²) in [6, 6.07) is 22.1. The molecule has 6 bridgehead atoms. The molecule has 0 amide bonds. The van der Waals surface area contributed by atoms with Crippen molar-refractivity contribution in [1.82, 2.24) is 4.98 Å². The fourth-order valence-electron chi connectivity index (χ4n) is 3.61. The Morgan fingerprint density at radius 1 is 0.711 bits per heavy atom. The Morgan fingerprint density at radius 2 is 1.18 bits per heavy atom. The van der Waals surface area contributed by atoms with Crippen LogP contribution in [0.5, 0.6) is 11.5 Å². The van der Waals surface area contributed by atoms with Crippen LogP contribution in [0.15, 0.2) is 76.7 Å². The maximum atomic E-state index is 6.19. The molecule has 5 heterocycles. The Morgan fingerprint density at radius 3 is 1.71 bits per heavy atom. The first-order chi connectivity index (χ1) is 18.0. The van der Waals surface area contributed by atoms with E-state index in [1.807, 2.05) is 68.4 Å². The van der Waals surface area contributed by atoms with Crippen molar-refractivity contribution in [3.05, 3.63) is 83.7 Å². The Hall–Kier alpha value is -2.37. The second kappa shape index (κ2) is 13.6. The topological polar surface area (TPSA) is 56.1 Å². The molecule has 0 saturated heterocycles. The summed E-state index contributed by atoms with van der Waals surface area (Å²) in [6.07, 6.45) is 0. The van der Waals surface area contributed by atoms with Gasteiger partial charge >= 0.3 is 33.3 Å². The van der Waals surface area contributed by atoms with Gasteiger partial charge in [0.05, 0.1) is 48.3 Å². The van der Waals surface area contributed by atoms with Crippen molar-refractivity contribution in [1.29, 1.82) is 0 Å². The fraction of sp³-hybridized carbons (Fsp3) is 0.367. The molecule has 8 heteroatoms. The molecule has 0 unspecified atom stereocenters. The van der Waals surface area contributed by atoms with Crippen LogP contribution in [0.2, 0.25) is 0 Å². The van der Waals surface area contributed by atoms with E-state index in [2.05, 4.69) is 39.8 Å². The standard InChI is InChI=1S/C30H35N3O2.2ClH.Fe/c1-21-27-8-7-9-28(33-27)22(2)32-24-12-16-26(17-13-24)35-20-30(5,6)29(3,4)19-34-25-14-10-23(11-15-25)18-31-21;;;/h7-17H,18-20H2,1-6H3;2*1H;/q;;;+2/p-2. The third-order valence-electron chi connectivity index (χ3n) is 7.08. The van der Waals surface area contributed by atoms with Crippen molar-refractivity contribution < 1.29 is 22.6 Å².